The molecule has 1 heterocycles. The van der Waals surface area contributed by atoms with Crippen molar-refractivity contribution >= 4 is 17.0 Å². The number of hydrogen-bond donors (Lipinski definition) is 1. The molecule has 2 rings (SSSR count). The molecule has 0 amide bonds. The van der Waals surface area contributed by atoms with Gasteiger partial charge in [0.15, 0.2) is 0 Å². The van der Waals surface area contributed by atoms with Gasteiger partial charge >= 0.3 is 0 Å². The highest BCUT2D eigenvalue weighted by atomic mass is 32.1. The molecule has 2 aromatic rings. The maximum Gasteiger partial charge on any atom is 0.146 e. The van der Waals surface area contributed by atoms with E-state index < -0.39 is 0 Å². The first-order valence-electron chi connectivity index (χ1n) is 6.14. The van der Waals surface area contributed by atoms with E-state index in [1.54, 1.807) is 17.4 Å². The molecule has 3 nitrogen and oxygen atoms in total. The Labute approximate surface area is 116 Å². The topological polar surface area (TPSA) is 42.2 Å². The van der Waals surface area contributed by atoms with Crippen molar-refractivity contribution in [3.05, 3.63) is 45.7 Å². The summed E-state index contributed by atoms with van der Waals surface area (Å²) < 4.78 is 14.1. The normalized spacial score (nSPS) is 12.5. The van der Waals surface area contributed by atoms with E-state index in [0.29, 0.717) is 12.2 Å². The number of nitrogens with zero attached hydrogens (tertiary/aromatic N) is 2. The van der Waals surface area contributed by atoms with Gasteiger partial charge in [0.05, 0.1) is 22.9 Å². The van der Waals surface area contributed by atoms with Crippen molar-refractivity contribution in [3.8, 4) is 0 Å². The highest BCUT2D eigenvalue weighted by Crippen LogP contribution is 2.23. The van der Waals surface area contributed by atoms with E-state index >= 15 is 0 Å². The standard InChI is InChI=1S/C14H18FN3S/c1-9(16)11-4-5-14(13(15)6-11)18(3)7-12-8-19-10(2)17-12/h4-6,8-9H,7,16H2,1-3H3/t9-/m1/s1. The van der Waals surface area contributed by atoms with E-state index in [-0.39, 0.29) is 11.9 Å². The number of nitrogens with two attached hydrogens (primary N) is 1. The van der Waals surface area contributed by atoms with Crippen LogP contribution in [0.3, 0.4) is 0 Å². The van der Waals surface area contributed by atoms with Crippen LogP contribution in [0, 0.1) is 12.7 Å². The summed E-state index contributed by atoms with van der Waals surface area (Å²) in [6, 6.07) is 4.98. The Hall–Kier alpha value is -1.46. The molecule has 19 heavy (non-hydrogen) atoms. The number of benzene rings is 1. The molecule has 0 aliphatic rings. The average Bonchev–Trinajstić information content (AvgIpc) is 2.74. The summed E-state index contributed by atoms with van der Waals surface area (Å²) in [4.78, 5) is 6.24. The molecular formula is C14H18FN3S. The largest absolute Gasteiger partial charge is 0.366 e. The second kappa shape index (κ2) is 5.67. The second-order valence-electron chi connectivity index (χ2n) is 4.71. The molecule has 102 valence electrons. The Kier molecular flexibility index (Phi) is 4.17. The molecule has 0 saturated heterocycles. The van der Waals surface area contributed by atoms with Crippen LogP contribution < -0.4 is 10.6 Å². The Bertz CT molecular complexity index is 566. The van der Waals surface area contributed by atoms with Gasteiger partial charge in [0.1, 0.15) is 5.82 Å². The van der Waals surface area contributed by atoms with Crippen LogP contribution in [0.15, 0.2) is 23.6 Å². The number of aryl methyl sites for hydroxylation is 1. The van der Waals surface area contributed by atoms with Gasteiger partial charge in [-0.05, 0) is 31.5 Å². The van der Waals surface area contributed by atoms with E-state index in [1.165, 1.54) is 6.07 Å². The first-order valence-corrected chi connectivity index (χ1v) is 7.02. The second-order valence-corrected chi connectivity index (χ2v) is 5.78. The van der Waals surface area contributed by atoms with Crippen LogP contribution in [-0.4, -0.2) is 12.0 Å². The molecule has 0 aliphatic heterocycles. The van der Waals surface area contributed by atoms with Crippen LogP contribution in [0.2, 0.25) is 0 Å². The van der Waals surface area contributed by atoms with Crippen LogP contribution in [0.5, 0.6) is 0 Å². The van der Waals surface area contributed by atoms with Gasteiger partial charge in [0.2, 0.25) is 0 Å². The van der Waals surface area contributed by atoms with E-state index in [2.05, 4.69) is 4.98 Å². The first-order chi connectivity index (χ1) is 8.97. The van der Waals surface area contributed by atoms with Crippen LogP contribution in [0.4, 0.5) is 10.1 Å². The number of thiazole rings is 1. The maximum atomic E-state index is 14.1. The Morgan fingerprint density at radius 3 is 2.74 bits per heavy atom. The molecule has 0 fully saturated rings. The van der Waals surface area contributed by atoms with Gasteiger partial charge in [-0.2, -0.15) is 0 Å². The zero-order chi connectivity index (χ0) is 14.0. The molecule has 5 heteroatoms. The number of rotatable bonds is 4. The van der Waals surface area contributed by atoms with Crippen molar-refractivity contribution in [2.45, 2.75) is 26.4 Å². The molecule has 0 unspecified atom stereocenters. The van der Waals surface area contributed by atoms with Gasteiger partial charge in [0.25, 0.3) is 0 Å². The maximum absolute atomic E-state index is 14.1. The number of anilines is 1. The molecule has 0 aliphatic carbocycles. The predicted molar refractivity (Wildman–Crippen MR) is 78.0 cm³/mol. The lowest BCUT2D eigenvalue weighted by Crippen LogP contribution is -2.18. The molecule has 1 atom stereocenters. The van der Waals surface area contributed by atoms with Gasteiger partial charge in [-0.15, -0.1) is 11.3 Å². The monoisotopic (exact) mass is 279 g/mol. The molecule has 1 aromatic carbocycles. The molecule has 0 bridgehead atoms. The quantitative estimate of drug-likeness (QED) is 0.934. The number of aromatic nitrogens is 1. The lowest BCUT2D eigenvalue weighted by Gasteiger charge is -2.19. The third kappa shape index (κ3) is 3.30. The molecular weight excluding hydrogens is 261 g/mol. The first kappa shape index (κ1) is 14.0. The lowest BCUT2D eigenvalue weighted by molar-refractivity contribution is 0.616. The average molecular weight is 279 g/mol. The minimum Gasteiger partial charge on any atom is -0.366 e. The zero-order valence-electron chi connectivity index (χ0n) is 11.4. The van der Waals surface area contributed by atoms with Crippen molar-refractivity contribution in [2.75, 3.05) is 11.9 Å². The SMILES string of the molecule is Cc1nc(CN(C)c2ccc([C@@H](C)N)cc2F)cs1. The van der Waals surface area contributed by atoms with Gasteiger partial charge in [-0.1, -0.05) is 6.07 Å². The van der Waals surface area contributed by atoms with Crippen molar-refractivity contribution in [2.24, 2.45) is 5.73 Å². The smallest absolute Gasteiger partial charge is 0.146 e. The zero-order valence-corrected chi connectivity index (χ0v) is 12.2. The number of hydrogen-bond acceptors (Lipinski definition) is 4. The van der Waals surface area contributed by atoms with Crippen LogP contribution in [0.1, 0.15) is 29.2 Å². The summed E-state index contributed by atoms with van der Waals surface area (Å²) in [7, 11) is 1.86. The summed E-state index contributed by atoms with van der Waals surface area (Å²) in [5, 5.41) is 3.02. The summed E-state index contributed by atoms with van der Waals surface area (Å²) in [6.45, 7) is 4.40. The third-order valence-electron chi connectivity index (χ3n) is 2.97. The summed E-state index contributed by atoms with van der Waals surface area (Å²) in [5.74, 6) is -0.246. The van der Waals surface area contributed by atoms with Crippen LogP contribution >= 0.6 is 11.3 Å². The van der Waals surface area contributed by atoms with E-state index in [9.17, 15) is 4.39 Å². The number of halogens is 1. The fourth-order valence-corrected chi connectivity index (χ4v) is 2.53. The Morgan fingerprint density at radius 1 is 1.47 bits per heavy atom. The van der Waals surface area contributed by atoms with Gasteiger partial charge in [0, 0.05) is 18.5 Å². The van der Waals surface area contributed by atoms with Crippen molar-refractivity contribution in [1.82, 2.24) is 4.98 Å². The van der Waals surface area contributed by atoms with Crippen molar-refractivity contribution in [1.29, 1.82) is 0 Å². The fraction of sp³-hybridized carbons (Fsp3) is 0.357. The highest BCUT2D eigenvalue weighted by Gasteiger charge is 2.11. The molecule has 2 N–H and O–H groups in total. The van der Waals surface area contributed by atoms with Crippen LogP contribution in [0.25, 0.3) is 0 Å². The minimum atomic E-state index is -0.246. The molecule has 0 radical (unpaired) electrons. The molecule has 1 aromatic heterocycles. The summed E-state index contributed by atoms with van der Waals surface area (Å²) in [5.41, 5.74) is 8.07. The van der Waals surface area contributed by atoms with Gasteiger partial charge in [-0.25, -0.2) is 9.37 Å². The Morgan fingerprint density at radius 2 is 2.21 bits per heavy atom. The lowest BCUT2D eigenvalue weighted by atomic mass is 10.1. The molecule has 0 spiro atoms. The van der Waals surface area contributed by atoms with Gasteiger partial charge < -0.3 is 10.6 Å². The van der Waals surface area contributed by atoms with E-state index in [1.807, 2.05) is 37.2 Å². The fourth-order valence-electron chi connectivity index (χ4n) is 1.92. The Balaban J connectivity index is 2.17. The highest BCUT2D eigenvalue weighted by molar-refractivity contribution is 7.09. The summed E-state index contributed by atoms with van der Waals surface area (Å²) in [6.07, 6.45) is 0. The van der Waals surface area contributed by atoms with E-state index in [0.717, 1.165) is 16.3 Å². The summed E-state index contributed by atoms with van der Waals surface area (Å²) >= 11 is 1.60. The van der Waals surface area contributed by atoms with Crippen molar-refractivity contribution in [3.63, 3.8) is 0 Å². The third-order valence-corrected chi connectivity index (χ3v) is 3.80. The van der Waals surface area contributed by atoms with Crippen LogP contribution in [-0.2, 0) is 6.54 Å². The predicted octanol–water partition coefficient (Wildman–Crippen LogP) is 3.25. The van der Waals surface area contributed by atoms with E-state index in [4.69, 9.17) is 5.73 Å². The molecule has 0 saturated carbocycles. The van der Waals surface area contributed by atoms with Gasteiger partial charge in [-0.3, -0.25) is 0 Å². The van der Waals surface area contributed by atoms with Crippen molar-refractivity contribution < 1.29 is 4.39 Å². The minimum absolute atomic E-state index is 0.157.